The van der Waals surface area contributed by atoms with E-state index in [0.717, 1.165) is 43.8 Å². The summed E-state index contributed by atoms with van der Waals surface area (Å²) in [5, 5.41) is 16.5. The smallest absolute Gasteiger partial charge is 0.326 e. The number of carboxylic acid groups (broad SMARTS) is 1. The van der Waals surface area contributed by atoms with Crippen molar-refractivity contribution < 1.29 is 19.5 Å². The Balaban J connectivity index is 1.45. The molecule has 0 spiro atoms. The number of carbonyl (C=O) groups excluding carboxylic acids is 2. The maximum Gasteiger partial charge on any atom is 0.326 e. The molecule has 10 heteroatoms. The van der Waals surface area contributed by atoms with E-state index in [1.165, 1.54) is 30.8 Å². The van der Waals surface area contributed by atoms with Gasteiger partial charge in [-0.05, 0) is 57.8 Å². The number of aliphatic carboxylic acids is 1. The fraction of sp³-hybridized carbons (Fsp3) is 0.864. The quantitative estimate of drug-likeness (QED) is 0.176. The number of rotatable bonds is 17. The van der Waals surface area contributed by atoms with Gasteiger partial charge in [0.2, 0.25) is 11.8 Å². The first kappa shape index (κ1) is 28.1. The van der Waals surface area contributed by atoms with Crippen LogP contribution >= 0.6 is 43.2 Å². The minimum absolute atomic E-state index is 0.0798. The van der Waals surface area contributed by atoms with Crippen molar-refractivity contribution in [3.05, 3.63) is 0 Å². The normalized spacial score (nSPS) is 21.4. The van der Waals surface area contributed by atoms with Gasteiger partial charge < -0.3 is 15.7 Å². The van der Waals surface area contributed by atoms with Gasteiger partial charge in [-0.25, -0.2) is 4.79 Å². The second-order valence-electron chi connectivity index (χ2n) is 8.45. The van der Waals surface area contributed by atoms with Gasteiger partial charge in [0.1, 0.15) is 6.04 Å². The molecule has 0 aromatic heterocycles. The fourth-order valence-electron chi connectivity index (χ4n) is 3.76. The molecular weight excluding hydrogens is 485 g/mol. The first-order chi connectivity index (χ1) is 15.5. The van der Waals surface area contributed by atoms with Gasteiger partial charge in [-0.1, -0.05) is 56.0 Å². The zero-order valence-electron chi connectivity index (χ0n) is 18.9. The molecule has 2 amide bonds. The van der Waals surface area contributed by atoms with Crippen LogP contribution in [-0.2, 0) is 14.4 Å². The third-order valence-electron chi connectivity index (χ3n) is 5.69. The van der Waals surface area contributed by atoms with E-state index in [2.05, 4.69) is 10.6 Å². The highest BCUT2D eigenvalue weighted by Crippen LogP contribution is 2.40. The molecule has 0 aromatic rings. The molecule has 2 rings (SSSR count). The molecule has 6 nitrogen and oxygen atoms in total. The van der Waals surface area contributed by atoms with Crippen LogP contribution in [0.25, 0.3) is 0 Å². The Morgan fingerprint density at radius 1 is 0.812 bits per heavy atom. The van der Waals surface area contributed by atoms with E-state index in [9.17, 15) is 19.5 Å². The zero-order valence-corrected chi connectivity index (χ0v) is 22.1. The number of amides is 2. The monoisotopic (exact) mass is 522 g/mol. The fourth-order valence-corrected chi connectivity index (χ4v) is 9.81. The van der Waals surface area contributed by atoms with Crippen LogP contribution in [0.2, 0.25) is 0 Å². The molecule has 32 heavy (non-hydrogen) atoms. The Bertz CT molecular complexity index is 570. The average molecular weight is 523 g/mol. The number of hydrogen-bond donors (Lipinski definition) is 3. The van der Waals surface area contributed by atoms with Crippen molar-refractivity contribution in [3.8, 4) is 0 Å². The molecule has 3 atom stereocenters. The van der Waals surface area contributed by atoms with Gasteiger partial charge in [0.15, 0.2) is 0 Å². The lowest BCUT2D eigenvalue weighted by molar-refractivity contribution is -0.142. The van der Waals surface area contributed by atoms with Crippen molar-refractivity contribution in [1.82, 2.24) is 10.6 Å². The molecule has 0 aliphatic carbocycles. The van der Waals surface area contributed by atoms with Gasteiger partial charge in [-0.2, -0.15) is 0 Å². The molecule has 2 saturated heterocycles. The van der Waals surface area contributed by atoms with Gasteiger partial charge >= 0.3 is 5.97 Å². The molecule has 2 aliphatic rings. The van der Waals surface area contributed by atoms with E-state index in [-0.39, 0.29) is 11.8 Å². The zero-order chi connectivity index (χ0) is 23.0. The largest absolute Gasteiger partial charge is 0.480 e. The van der Waals surface area contributed by atoms with Crippen molar-refractivity contribution in [2.45, 2.75) is 100 Å². The third kappa shape index (κ3) is 12.9. The number of unbranched alkanes of at least 4 members (excludes halogenated alkanes) is 3. The molecule has 3 N–H and O–H groups in total. The van der Waals surface area contributed by atoms with Gasteiger partial charge in [0.25, 0.3) is 0 Å². The van der Waals surface area contributed by atoms with E-state index in [1.54, 1.807) is 0 Å². The van der Waals surface area contributed by atoms with E-state index in [1.807, 2.05) is 43.2 Å². The summed E-state index contributed by atoms with van der Waals surface area (Å²) < 4.78 is 0. The van der Waals surface area contributed by atoms with Crippen molar-refractivity contribution >= 4 is 61.0 Å². The lowest BCUT2D eigenvalue weighted by Gasteiger charge is -2.15. The molecule has 0 aromatic carbocycles. The lowest BCUT2D eigenvalue weighted by Crippen LogP contribution is -2.40. The maximum atomic E-state index is 12.1. The van der Waals surface area contributed by atoms with E-state index < -0.39 is 12.0 Å². The Morgan fingerprint density at radius 3 is 1.94 bits per heavy atom. The second kappa shape index (κ2) is 17.3. The summed E-state index contributed by atoms with van der Waals surface area (Å²) in [7, 11) is 7.81. The highest BCUT2D eigenvalue weighted by atomic mass is 33.1. The molecule has 2 fully saturated rings. The molecule has 3 unspecified atom stereocenters. The summed E-state index contributed by atoms with van der Waals surface area (Å²) >= 11 is 0. The van der Waals surface area contributed by atoms with Gasteiger partial charge in [0, 0.05) is 41.4 Å². The van der Waals surface area contributed by atoms with Crippen LogP contribution in [0.1, 0.15) is 83.5 Å². The predicted molar refractivity (Wildman–Crippen MR) is 140 cm³/mol. The van der Waals surface area contributed by atoms with E-state index in [0.29, 0.717) is 37.5 Å². The van der Waals surface area contributed by atoms with Crippen LogP contribution in [0.4, 0.5) is 0 Å². The van der Waals surface area contributed by atoms with Crippen LogP contribution < -0.4 is 10.6 Å². The van der Waals surface area contributed by atoms with Gasteiger partial charge in [-0.3, -0.25) is 9.59 Å². The van der Waals surface area contributed by atoms with Crippen LogP contribution in [0, 0.1) is 0 Å². The Labute approximate surface area is 208 Å². The van der Waals surface area contributed by atoms with Crippen molar-refractivity contribution in [3.63, 3.8) is 0 Å². The van der Waals surface area contributed by atoms with E-state index in [4.69, 9.17) is 0 Å². The first-order valence-electron chi connectivity index (χ1n) is 11.9. The molecule has 0 bridgehead atoms. The summed E-state index contributed by atoms with van der Waals surface area (Å²) in [6.45, 7) is 0.561. The van der Waals surface area contributed by atoms with Crippen LogP contribution in [0.3, 0.4) is 0 Å². The minimum Gasteiger partial charge on any atom is -0.480 e. The van der Waals surface area contributed by atoms with Crippen molar-refractivity contribution in [1.29, 1.82) is 0 Å². The number of hydrogen-bond acceptors (Lipinski definition) is 7. The number of carbonyl (C=O) groups is 3. The van der Waals surface area contributed by atoms with Crippen molar-refractivity contribution in [2.24, 2.45) is 0 Å². The highest BCUT2D eigenvalue weighted by Gasteiger charge is 2.20. The standard InChI is InChI=1S/C22H38N2O4S4/c25-20(10-3-1-7-17-12-15-29-31-17)23-14-6-5-9-19(22(27)28)24-21(26)11-4-2-8-18-13-16-30-32-18/h17-19H,1-16H2,(H,23,25)(H,24,26)(H,27,28). The number of nitrogens with one attached hydrogen (secondary N) is 2. The molecule has 0 saturated carbocycles. The summed E-state index contributed by atoms with van der Waals surface area (Å²) in [5.74, 6) is 1.39. The van der Waals surface area contributed by atoms with Crippen molar-refractivity contribution in [2.75, 3.05) is 18.1 Å². The Kier molecular flexibility index (Phi) is 15.1. The summed E-state index contributed by atoms with van der Waals surface area (Å²) in [6.07, 6.45) is 11.5. The van der Waals surface area contributed by atoms with E-state index >= 15 is 0 Å². The Morgan fingerprint density at radius 2 is 1.41 bits per heavy atom. The number of carboxylic acids is 1. The molecular formula is C22H38N2O4S4. The summed E-state index contributed by atoms with van der Waals surface area (Å²) in [6, 6.07) is -0.841. The molecule has 0 radical (unpaired) electrons. The summed E-state index contributed by atoms with van der Waals surface area (Å²) in [4.78, 5) is 35.5. The molecule has 2 heterocycles. The highest BCUT2D eigenvalue weighted by molar-refractivity contribution is 8.77. The first-order valence-corrected chi connectivity index (χ1v) is 16.7. The molecule has 184 valence electrons. The van der Waals surface area contributed by atoms with Gasteiger partial charge in [0.05, 0.1) is 0 Å². The van der Waals surface area contributed by atoms with Gasteiger partial charge in [-0.15, -0.1) is 0 Å². The predicted octanol–water partition coefficient (Wildman–Crippen LogP) is 5.27. The summed E-state index contributed by atoms with van der Waals surface area (Å²) in [5.41, 5.74) is 0. The molecule has 2 aliphatic heterocycles. The average Bonchev–Trinajstić information content (AvgIpc) is 3.47. The Hall–Kier alpha value is -0.190. The minimum atomic E-state index is -0.986. The third-order valence-corrected chi connectivity index (χ3v) is 11.7. The SMILES string of the molecule is O=C(CCCCC1CCSS1)NCCCCC(NC(=O)CCCCC1CCSS1)C(=O)O. The van der Waals surface area contributed by atoms with Crippen LogP contribution in [0.15, 0.2) is 0 Å². The maximum absolute atomic E-state index is 12.1. The topological polar surface area (TPSA) is 95.5 Å². The van der Waals surface area contributed by atoms with Crippen LogP contribution in [-0.4, -0.2) is 57.5 Å². The lowest BCUT2D eigenvalue weighted by atomic mass is 10.1. The second-order valence-corrected chi connectivity index (χ2v) is 14.0. The van der Waals surface area contributed by atoms with Crippen LogP contribution in [0.5, 0.6) is 0 Å².